The maximum atomic E-state index is 11.6. The van der Waals surface area contributed by atoms with Crippen molar-refractivity contribution in [3.63, 3.8) is 0 Å². The number of ether oxygens (including phenoxy) is 1. The first-order valence-corrected chi connectivity index (χ1v) is 6.23. The van der Waals surface area contributed by atoms with Crippen LogP contribution in [0.15, 0.2) is 30.3 Å². The number of rotatable bonds is 7. The van der Waals surface area contributed by atoms with Crippen LogP contribution >= 0.6 is 0 Å². The van der Waals surface area contributed by atoms with E-state index in [1.807, 2.05) is 37.3 Å². The molecule has 2 atom stereocenters. The van der Waals surface area contributed by atoms with Gasteiger partial charge in [0, 0.05) is 12.5 Å². The van der Waals surface area contributed by atoms with Crippen LogP contribution < -0.4 is 10.1 Å². The minimum Gasteiger partial charge on any atom is -0.494 e. The maximum Gasteiger partial charge on any atom is 0.223 e. The molecule has 0 aliphatic carbocycles. The van der Waals surface area contributed by atoms with Crippen LogP contribution in [0.2, 0.25) is 0 Å². The molecule has 0 saturated heterocycles. The van der Waals surface area contributed by atoms with Crippen molar-refractivity contribution < 1.29 is 14.6 Å². The second-order valence-electron chi connectivity index (χ2n) is 4.45. The summed E-state index contributed by atoms with van der Waals surface area (Å²) in [5, 5.41) is 11.8. The average molecular weight is 251 g/mol. The highest BCUT2D eigenvalue weighted by Gasteiger charge is 2.12. The Morgan fingerprint density at radius 3 is 2.61 bits per heavy atom. The molecule has 0 heterocycles. The van der Waals surface area contributed by atoms with Crippen molar-refractivity contribution in [3.05, 3.63) is 30.3 Å². The topological polar surface area (TPSA) is 58.6 Å². The Morgan fingerprint density at radius 1 is 1.33 bits per heavy atom. The highest BCUT2D eigenvalue weighted by molar-refractivity contribution is 5.78. The van der Waals surface area contributed by atoms with Gasteiger partial charge in [0.2, 0.25) is 5.91 Å². The van der Waals surface area contributed by atoms with E-state index in [0.29, 0.717) is 19.6 Å². The molecule has 0 saturated carbocycles. The van der Waals surface area contributed by atoms with Gasteiger partial charge in [0.1, 0.15) is 5.75 Å². The molecule has 0 spiro atoms. The van der Waals surface area contributed by atoms with Gasteiger partial charge in [0.05, 0.1) is 12.7 Å². The molecular formula is C14H21NO3. The molecule has 4 heteroatoms. The third-order valence-corrected chi connectivity index (χ3v) is 2.58. The number of benzene rings is 1. The number of amides is 1. The lowest BCUT2D eigenvalue weighted by atomic mass is 10.1. The zero-order chi connectivity index (χ0) is 13.4. The predicted octanol–water partition coefficient (Wildman–Crippen LogP) is 1.59. The van der Waals surface area contributed by atoms with Crippen molar-refractivity contribution in [1.82, 2.24) is 5.32 Å². The van der Waals surface area contributed by atoms with E-state index < -0.39 is 6.10 Å². The number of aliphatic hydroxyl groups excluding tert-OH is 1. The molecule has 0 radical (unpaired) electrons. The number of nitrogens with one attached hydrogen (secondary N) is 1. The predicted molar refractivity (Wildman–Crippen MR) is 70.4 cm³/mol. The highest BCUT2D eigenvalue weighted by Crippen LogP contribution is 2.10. The molecule has 0 aliphatic rings. The Morgan fingerprint density at radius 2 is 2.00 bits per heavy atom. The van der Waals surface area contributed by atoms with E-state index in [1.54, 1.807) is 6.92 Å². The van der Waals surface area contributed by atoms with Crippen molar-refractivity contribution in [1.29, 1.82) is 0 Å². The number of hydrogen-bond acceptors (Lipinski definition) is 3. The van der Waals surface area contributed by atoms with Crippen molar-refractivity contribution in [2.45, 2.75) is 26.4 Å². The molecule has 2 unspecified atom stereocenters. The second-order valence-corrected chi connectivity index (χ2v) is 4.45. The van der Waals surface area contributed by atoms with Gasteiger partial charge in [-0.3, -0.25) is 4.79 Å². The molecule has 0 bridgehead atoms. The Bertz CT molecular complexity index is 351. The zero-order valence-corrected chi connectivity index (χ0v) is 10.9. The van der Waals surface area contributed by atoms with Gasteiger partial charge in [0.15, 0.2) is 0 Å². The fraction of sp³-hybridized carbons (Fsp3) is 0.500. The fourth-order valence-corrected chi connectivity index (χ4v) is 1.42. The average Bonchev–Trinajstić information content (AvgIpc) is 2.37. The van der Waals surface area contributed by atoms with E-state index in [9.17, 15) is 4.79 Å². The van der Waals surface area contributed by atoms with E-state index >= 15 is 0 Å². The van der Waals surface area contributed by atoms with Crippen LogP contribution in [0, 0.1) is 5.92 Å². The van der Waals surface area contributed by atoms with Crippen LogP contribution in [0.4, 0.5) is 0 Å². The van der Waals surface area contributed by atoms with E-state index in [4.69, 9.17) is 9.84 Å². The Kier molecular flexibility index (Phi) is 6.22. The van der Waals surface area contributed by atoms with Crippen LogP contribution in [0.3, 0.4) is 0 Å². The van der Waals surface area contributed by atoms with Gasteiger partial charge in [-0.2, -0.15) is 0 Å². The summed E-state index contributed by atoms with van der Waals surface area (Å²) in [6.45, 7) is 4.30. The summed E-state index contributed by atoms with van der Waals surface area (Å²) >= 11 is 0. The first-order valence-electron chi connectivity index (χ1n) is 6.23. The minimum absolute atomic E-state index is 0.0486. The Hall–Kier alpha value is -1.55. The van der Waals surface area contributed by atoms with Crippen LogP contribution in [0.1, 0.15) is 20.3 Å². The van der Waals surface area contributed by atoms with E-state index in [-0.39, 0.29) is 11.8 Å². The number of hydrogen-bond donors (Lipinski definition) is 2. The van der Waals surface area contributed by atoms with Gasteiger partial charge < -0.3 is 15.2 Å². The van der Waals surface area contributed by atoms with Gasteiger partial charge >= 0.3 is 0 Å². The summed E-state index contributed by atoms with van der Waals surface area (Å²) in [5.74, 6) is 0.647. The standard InChI is InChI=1S/C14H21NO3/c1-11(14(17)15-10-12(2)16)8-9-18-13-6-4-3-5-7-13/h3-7,11-12,16H,8-10H2,1-2H3,(H,15,17). The number of carbonyl (C=O) groups is 1. The molecule has 1 rings (SSSR count). The first kappa shape index (κ1) is 14.5. The second kappa shape index (κ2) is 7.71. The number of aliphatic hydroxyl groups is 1. The summed E-state index contributed by atoms with van der Waals surface area (Å²) in [6.07, 6.45) is 0.141. The van der Waals surface area contributed by atoms with Crippen molar-refractivity contribution in [3.8, 4) is 5.75 Å². The van der Waals surface area contributed by atoms with Gasteiger partial charge in [0.25, 0.3) is 0 Å². The van der Waals surface area contributed by atoms with Crippen molar-refractivity contribution >= 4 is 5.91 Å². The largest absolute Gasteiger partial charge is 0.494 e. The zero-order valence-electron chi connectivity index (χ0n) is 10.9. The Balaban J connectivity index is 2.20. The molecule has 1 aromatic carbocycles. The van der Waals surface area contributed by atoms with Crippen molar-refractivity contribution in [2.75, 3.05) is 13.2 Å². The monoisotopic (exact) mass is 251 g/mol. The molecule has 0 aliphatic heterocycles. The molecule has 1 amide bonds. The third-order valence-electron chi connectivity index (χ3n) is 2.58. The van der Waals surface area contributed by atoms with Gasteiger partial charge in [-0.25, -0.2) is 0 Å². The summed E-state index contributed by atoms with van der Waals surface area (Å²) < 4.78 is 5.52. The summed E-state index contributed by atoms with van der Waals surface area (Å²) in [4.78, 5) is 11.6. The lowest BCUT2D eigenvalue weighted by Gasteiger charge is -2.13. The molecule has 1 aromatic rings. The van der Waals surface area contributed by atoms with Gasteiger partial charge in [-0.1, -0.05) is 25.1 Å². The van der Waals surface area contributed by atoms with Gasteiger partial charge in [-0.05, 0) is 25.5 Å². The molecule has 0 aromatic heterocycles. The third kappa shape index (κ3) is 5.68. The first-order chi connectivity index (χ1) is 8.59. The summed E-state index contributed by atoms with van der Waals surface area (Å²) in [7, 11) is 0. The number of para-hydroxylation sites is 1. The Labute approximate surface area is 108 Å². The molecular weight excluding hydrogens is 230 g/mol. The lowest BCUT2D eigenvalue weighted by molar-refractivity contribution is -0.125. The molecule has 18 heavy (non-hydrogen) atoms. The van der Waals surface area contributed by atoms with Crippen LogP contribution in [0.5, 0.6) is 5.75 Å². The fourth-order valence-electron chi connectivity index (χ4n) is 1.42. The van der Waals surface area contributed by atoms with Crippen LogP contribution in [0.25, 0.3) is 0 Å². The molecule has 2 N–H and O–H groups in total. The maximum absolute atomic E-state index is 11.6. The van der Waals surface area contributed by atoms with E-state index in [1.165, 1.54) is 0 Å². The van der Waals surface area contributed by atoms with E-state index in [0.717, 1.165) is 5.75 Å². The molecule has 0 fully saturated rings. The number of carbonyl (C=O) groups excluding carboxylic acids is 1. The van der Waals surface area contributed by atoms with E-state index in [2.05, 4.69) is 5.32 Å². The minimum atomic E-state index is -0.512. The van der Waals surface area contributed by atoms with Crippen molar-refractivity contribution in [2.24, 2.45) is 5.92 Å². The van der Waals surface area contributed by atoms with Crippen LogP contribution in [-0.4, -0.2) is 30.3 Å². The summed E-state index contributed by atoms with van der Waals surface area (Å²) in [5.41, 5.74) is 0. The molecule has 100 valence electrons. The highest BCUT2D eigenvalue weighted by atomic mass is 16.5. The molecule has 4 nitrogen and oxygen atoms in total. The summed E-state index contributed by atoms with van der Waals surface area (Å²) in [6, 6.07) is 9.53. The van der Waals surface area contributed by atoms with Gasteiger partial charge in [-0.15, -0.1) is 0 Å². The lowest BCUT2D eigenvalue weighted by Crippen LogP contribution is -2.34. The quantitative estimate of drug-likeness (QED) is 0.773. The SMILES string of the molecule is CC(O)CNC(=O)C(C)CCOc1ccccc1. The smallest absolute Gasteiger partial charge is 0.223 e. The normalized spacial score (nSPS) is 13.7. The van der Waals surface area contributed by atoms with Crippen LogP contribution in [-0.2, 0) is 4.79 Å².